The van der Waals surface area contributed by atoms with Crippen molar-refractivity contribution >= 4 is 34.3 Å². The summed E-state index contributed by atoms with van der Waals surface area (Å²) < 4.78 is 15.8. The molecular formula is C25H25FN6O. The van der Waals surface area contributed by atoms with E-state index in [0.29, 0.717) is 17.4 Å². The molecule has 7 nitrogen and oxygen atoms in total. The predicted octanol–water partition coefficient (Wildman–Crippen LogP) is 5.44. The molecule has 5 rings (SSSR count). The van der Waals surface area contributed by atoms with Gasteiger partial charge in [0.15, 0.2) is 11.5 Å². The molecule has 1 fully saturated rings. The molecule has 33 heavy (non-hydrogen) atoms. The molecule has 0 saturated heterocycles. The van der Waals surface area contributed by atoms with Crippen LogP contribution in [-0.2, 0) is 13.5 Å². The number of carbonyl (C=O) groups excluding carboxylic acids is 1. The number of nitrogens with two attached hydrogens (primary N) is 1. The molecule has 1 saturated carbocycles. The zero-order chi connectivity index (χ0) is 23.1. The van der Waals surface area contributed by atoms with E-state index in [-0.39, 0.29) is 5.69 Å². The number of nitrogen functional groups attached to an aromatic ring is 1. The lowest BCUT2D eigenvalue weighted by molar-refractivity contribution is 0.262. The molecule has 2 aromatic carbocycles. The van der Waals surface area contributed by atoms with Gasteiger partial charge in [-0.25, -0.2) is 18.9 Å². The maximum atomic E-state index is 14.0. The summed E-state index contributed by atoms with van der Waals surface area (Å²) in [6.07, 6.45) is 3.04. The Kier molecular flexibility index (Phi) is 5.20. The number of rotatable bonds is 5. The molecule has 8 heteroatoms. The summed E-state index contributed by atoms with van der Waals surface area (Å²) in [7, 11) is 1.84. The maximum Gasteiger partial charge on any atom is 0.323 e. The van der Waals surface area contributed by atoms with Crippen molar-refractivity contribution in [1.82, 2.24) is 14.8 Å². The van der Waals surface area contributed by atoms with Gasteiger partial charge in [0.05, 0.1) is 11.1 Å². The number of fused-ring (bicyclic) bond motifs is 1. The van der Waals surface area contributed by atoms with Gasteiger partial charge in [0.2, 0.25) is 0 Å². The van der Waals surface area contributed by atoms with Gasteiger partial charge in [-0.1, -0.05) is 25.1 Å². The third kappa shape index (κ3) is 4.11. The molecule has 0 unspecified atom stereocenters. The molecule has 2 heterocycles. The summed E-state index contributed by atoms with van der Waals surface area (Å²) in [5, 5.41) is 10.5. The number of carbonyl (C=O) groups is 1. The number of nitrogens with one attached hydrogen (secondary N) is 2. The van der Waals surface area contributed by atoms with Gasteiger partial charge >= 0.3 is 6.03 Å². The molecule has 4 aromatic rings. The van der Waals surface area contributed by atoms with Crippen LogP contribution in [0.2, 0.25) is 0 Å². The van der Waals surface area contributed by atoms with E-state index in [1.807, 2.05) is 38.2 Å². The number of aryl methyl sites for hydroxylation is 2. The minimum absolute atomic E-state index is 0.155. The molecule has 0 radical (unpaired) electrons. The molecule has 168 valence electrons. The monoisotopic (exact) mass is 444 g/mol. The van der Waals surface area contributed by atoms with Crippen molar-refractivity contribution < 1.29 is 9.18 Å². The van der Waals surface area contributed by atoms with Crippen LogP contribution in [0.4, 0.5) is 26.4 Å². The number of hydrogen-bond acceptors (Lipinski definition) is 4. The van der Waals surface area contributed by atoms with E-state index in [9.17, 15) is 9.18 Å². The van der Waals surface area contributed by atoms with Crippen LogP contribution in [0.3, 0.4) is 0 Å². The van der Waals surface area contributed by atoms with E-state index >= 15 is 0 Å². The van der Waals surface area contributed by atoms with Crippen LogP contribution in [0.25, 0.3) is 22.2 Å². The number of urea groups is 1. The number of hydrogen-bond donors (Lipinski definition) is 3. The molecular weight excluding hydrogens is 419 g/mol. The van der Waals surface area contributed by atoms with Crippen molar-refractivity contribution in [3.8, 4) is 11.1 Å². The van der Waals surface area contributed by atoms with Crippen molar-refractivity contribution in [2.24, 2.45) is 7.05 Å². The van der Waals surface area contributed by atoms with Crippen LogP contribution >= 0.6 is 0 Å². The SMILES string of the molecule is CCc1ccc(F)c(NC(=O)Nc2ccc(-c3cc(C4CC4)nc4c3c(N)nn4C)cc2)c1. The largest absolute Gasteiger partial charge is 0.382 e. The summed E-state index contributed by atoms with van der Waals surface area (Å²) in [6, 6.07) is 13.8. The van der Waals surface area contributed by atoms with Gasteiger partial charge in [-0.15, -0.1) is 0 Å². The van der Waals surface area contributed by atoms with Crippen LogP contribution in [0.5, 0.6) is 0 Å². The molecule has 4 N–H and O–H groups in total. The van der Waals surface area contributed by atoms with Gasteiger partial charge < -0.3 is 16.4 Å². The summed E-state index contributed by atoms with van der Waals surface area (Å²) in [4.78, 5) is 17.2. The van der Waals surface area contributed by atoms with E-state index in [4.69, 9.17) is 10.7 Å². The van der Waals surface area contributed by atoms with Gasteiger partial charge in [-0.05, 0) is 66.3 Å². The lowest BCUT2D eigenvalue weighted by Crippen LogP contribution is -2.20. The van der Waals surface area contributed by atoms with Gasteiger partial charge in [-0.2, -0.15) is 5.10 Å². The van der Waals surface area contributed by atoms with Crippen molar-refractivity contribution in [3.05, 3.63) is 65.6 Å². The Labute approximate surface area is 190 Å². The molecule has 2 amide bonds. The predicted molar refractivity (Wildman–Crippen MR) is 129 cm³/mol. The smallest absolute Gasteiger partial charge is 0.323 e. The summed E-state index contributed by atoms with van der Waals surface area (Å²) in [6.45, 7) is 1.97. The normalized spacial score (nSPS) is 13.3. The number of halogens is 1. The van der Waals surface area contributed by atoms with Crippen LogP contribution in [-0.4, -0.2) is 20.8 Å². The Hall–Kier alpha value is -3.94. The highest BCUT2D eigenvalue weighted by molar-refractivity contribution is 6.02. The van der Waals surface area contributed by atoms with Gasteiger partial charge in [0, 0.05) is 24.3 Å². The van der Waals surface area contributed by atoms with Crippen LogP contribution in [0.15, 0.2) is 48.5 Å². The maximum absolute atomic E-state index is 14.0. The van der Waals surface area contributed by atoms with E-state index in [0.717, 1.165) is 52.7 Å². The molecule has 0 aliphatic heterocycles. The Morgan fingerprint density at radius 2 is 1.91 bits per heavy atom. The first-order valence-electron chi connectivity index (χ1n) is 11.0. The molecule has 1 aliphatic carbocycles. The highest BCUT2D eigenvalue weighted by atomic mass is 19.1. The first-order chi connectivity index (χ1) is 15.9. The second-order valence-corrected chi connectivity index (χ2v) is 8.40. The topological polar surface area (TPSA) is 97.9 Å². The van der Waals surface area contributed by atoms with E-state index in [1.165, 1.54) is 6.07 Å². The third-order valence-corrected chi connectivity index (χ3v) is 5.98. The van der Waals surface area contributed by atoms with Crippen LogP contribution in [0, 0.1) is 5.82 Å². The van der Waals surface area contributed by atoms with Crippen molar-refractivity contribution in [3.63, 3.8) is 0 Å². The number of benzene rings is 2. The van der Waals surface area contributed by atoms with Crippen LogP contribution < -0.4 is 16.4 Å². The van der Waals surface area contributed by atoms with E-state index < -0.39 is 11.8 Å². The molecule has 0 spiro atoms. The van der Waals surface area contributed by atoms with E-state index in [2.05, 4.69) is 21.8 Å². The third-order valence-electron chi connectivity index (χ3n) is 5.98. The van der Waals surface area contributed by atoms with E-state index in [1.54, 1.807) is 16.8 Å². The Morgan fingerprint density at radius 1 is 1.15 bits per heavy atom. The minimum atomic E-state index is -0.506. The Morgan fingerprint density at radius 3 is 2.61 bits per heavy atom. The fourth-order valence-corrected chi connectivity index (χ4v) is 4.02. The summed E-state index contributed by atoms with van der Waals surface area (Å²) in [5.74, 6) is 0.454. The number of pyridine rings is 1. The molecule has 0 bridgehead atoms. The molecule has 0 atom stereocenters. The zero-order valence-corrected chi connectivity index (χ0v) is 18.5. The lowest BCUT2D eigenvalue weighted by atomic mass is 10.0. The number of amides is 2. The van der Waals surface area contributed by atoms with Crippen LogP contribution in [0.1, 0.15) is 36.9 Å². The van der Waals surface area contributed by atoms with Gasteiger partial charge in [0.25, 0.3) is 0 Å². The highest BCUT2D eigenvalue weighted by Crippen LogP contribution is 2.42. The standard InChI is InChI=1S/C25H25FN6O/c1-3-14-4-11-19(26)21(12-14)30-25(33)28-17-9-7-15(8-10-17)18-13-20(16-5-6-16)29-24-22(18)23(27)31-32(24)2/h4,7-13,16H,3,5-6H2,1-2H3,(H2,27,31)(H2,28,30,33). The Bertz CT molecular complexity index is 1360. The fourth-order valence-electron chi connectivity index (χ4n) is 4.02. The molecule has 1 aliphatic rings. The second-order valence-electron chi connectivity index (χ2n) is 8.40. The van der Waals surface area contributed by atoms with Gasteiger partial charge in [-0.3, -0.25) is 0 Å². The number of nitrogens with zero attached hydrogens (tertiary/aromatic N) is 3. The second kappa shape index (κ2) is 8.20. The average molecular weight is 445 g/mol. The summed E-state index contributed by atoms with van der Waals surface area (Å²) in [5.41, 5.74) is 11.6. The minimum Gasteiger partial charge on any atom is -0.382 e. The number of anilines is 3. The fraction of sp³-hybridized carbons (Fsp3) is 0.240. The average Bonchev–Trinajstić information content (AvgIpc) is 3.61. The first-order valence-corrected chi connectivity index (χ1v) is 11.0. The first kappa shape index (κ1) is 20.9. The zero-order valence-electron chi connectivity index (χ0n) is 18.5. The quantitative estimate of drug-likeness (QED) is 0.382. The van der Waals surface area contributed by atoms with Gasteiger partial charge in [0.1, 0.15) is 5.82 Å². The van der Waals surface area contributed by atoms with Crippen molar-refractivity contribution in [2.45, 2.75) is 32.1 Å². The highest BCUT2D eigenvalue weighted by Gasteiger charge is 2.27. The lowest BCUT2D eigenvalue weighted by Gasteiger charge is -2.11. The van der Waals surface area contributed by atoms with Crippen molar-refractivity contribution in [1.29, 1.82) is 0 Å². The molecule has 2 aromatic heterocycles. The van der Waals surface area contributed by atoms with Crippen molar-refractivity contribution in [2.75, 3.05) is 16.4 Å². The number of aromatic nitrogens is 3. The Balaban J connectivity index is 1.39. The summed E-state index contributed by atoms with van der Waals surface area (Å²) >= 11 is 0.